The van der Waals surface area contributed by atoms with E-state index in [9.17, 15) is 18.4 Å². The van der Waals surface area contributed by atoms with Gasteiger partial charge in [0, 0.05) is 13.0 Å². The number of hydrogen-bond acceptors (Lipinski definition) is 3. The summed E-state index contributed by atoms with van der Waals surface area (Å²) in [6.45, 7) is 0.990. The molecule has 0 spiro atoms. The van der Waals surface area contributed by atoms with Gasteiger partial charge in [0.15, 0.2) is 11.6 Å². The largest absolute Gasteiger partial charge is 0.418 e. The third-order valence-corrected chi connectivity index (χ3v) is 1.38. The molecule has 0 aromatic heterocycles. The molecule has 0 atom stereocenters. The second kappa shape index (κ2) is 3.95. The van der Waals surface area contributed by atoms with Gasteiger partial charge in [-0.25, -0.2) is 13.6 Å². The summed E-state index contributed by atoms with van der Waals surface area (Å²) < 4.78 is 29.6. The lowest BCUT2D eigenvalue weighted by molar-refractivity contribution is -0.146. The van der Waals surface area contributed by atoms with Crippen molar-refractivity contribution in [1.29, 1.82) is 0 Å². The van der Waals surface area contributed by atoms with Gasteiger partial charge in [0.2, 0.25) is 5.78 Å². The zero-order chi connectivity index (χ0) is 10.7. The van der Waals surface area contributed by atoms with Crippen LogP contribution in [0.15, 0.2) is 18.2 Å². The van der Waals surface area contributed by atoms with Crippen molar-refractivity contribution < 1.29 is 23.1 Å². The SMILES string of the molecule is CC(=O)C(=O)Oc1ccc(F)cc1F. The molecule has 0 aliphatic carbocycles. The van der Waals surface area contributed by atoms with Crippen LogP contribution in [0, 0.1) is 11.6 Å². The van der Waals surface area contributed by atoms with Gasteiger partial charge in [0.05, 0.1) is 0 Å². The molecule has 0 unspecified atom stereocenters. The van der Waals surface area contributed by atoms with Crippen molar-refractivity contribution in [3.05, 3.63) is 29.8 Å². The Morgan fingerprint density at radius 3 is 2.43 bits per heavy atom. The summed E-state index contributed by atoms with van der Waals surface area (Å²) >= 11 is 0. The average Bonchev–Trinajstić information content (AvgIpc) is 2.09. The van der Waals surface area contributed by atoms with Crippen LogP contribution in [0.1, 0.15) is 6.92 Å². The topological polar surface area (TPSA) is 43.4 Å². The monoisotopic (exact) mass is 200 g/mol. The highest BCUT2D eigenvalue weighted by atomic mass is 19.1. The molecule has 0 aliphatic heterocycles. The number of carbonyl (C=O) groups is 2. The van der Waals surface area contributed by atoms with Crippen molar-refractivity contribution in [3.63, 3.8) is 0 Å². The minimum absolute atomic E-state index is 0.466. The van der Waals surface area contributed by atoms with Crippen LogP contribution in [0.2, 0.25) is 0 Å². The molecule has 14 heavy (non-hydrogen) atoms. The van der Waals surface area contributed by atoms with E-state index in [4.69, 9.17) is 0 Å². The Hall–Kier alpha value is -1.78. The normalized spacial score (nSPS) is 9.64. The first-order valence-corrected chi connectivity index (χ1v) is 3.68. The van der Waals surface area contributed by atoms with Gasteiger partial charge < -0.3 is 4.74 Å². The predicted molar refractivity (Wildman–Crippen MR) is 42.7 cm³/mol. The molecule has 0 bridgehead atoms. The molecule has 0 saturated heterocycles. The van der Waals surface area contributed by atoms with Gasteiger partial charge >= 0.3 is 5.97 Å². The lowest BCUT2D eigenvalue weighted by atomic mass is 10.3. The number of esters is 1. The number of Topliss-reactive ketones (excluding diaryl/α,β-unsaturated/α-hetero) is 1. The van der Waals surface area contributed by atoms with Crippen molar-refractivity contribution in [2.75, 3.05) is 0 Å². The first kappa shape index (κ1) is 10.3. The summed E-state index contributed by atoms with van der Waals surface area (Å²) in [5.41, 5.74) is 0. The molecule has 74 valence electrons. The predicted octanol–water partition coefficient (Wildman–Crippen LogP) is 1.46. The Balaban J connectivity index is 2.87. The van der Waals surface area contributed by atoms with E-state index in [1.165, 1.54) is 0 Å². The number of benzene rings is 1. The standard InChI is InChI=1S/C9H6F2O3/c1-5(12)9(13)14-8-3-2-6(10)4-7(8)11/h2-4H,1H3. The summed E-state index contributed by atoms with van der Waals surface area (Å²) in [6.07, 6.45) is 0. The Kier molecular flexibility index (Phi) is 2.91. The number of carbonyl (C=O) groups excluding carboxylic acids is 2. The molecule has 0 fully saturated rings. The molecule has 0 aliphatic rings. The van der Waals surface area contributed by atoms with Crippen LogP contribution in [-0.2, 0) is 9.59 Å². The molecule has 0 N–H and O–H groups in total. The Morgan fingerprint density at radius 1 is 1.29 bits per heavy atom. The number of hydrogen-bond donors (Lipinski definition) is 0. The number of halogens is 2. The summed E-state index contributed by atoms with van der Waals surface area (Å²) in [6, 6.07) is 2.42. The van der Waals surface area contributed by atoms with Gasteiger partial charge in [-0.3, -0.25) is 4.79 Å². The highest BCUT2D eigenvalue weighted by Gasteiger charge is 2.13. The van der Waals surface area contributed by atoms with Crippen LogP contribution in [0.5, 0.6) is 5.75 Å². The second-order valence-electron chi connectivity index (χ2n) is 2.52. The molecule has 0 radical (unpaired) electrons. The van der Waals surface area contributed by atoms with Crippen molar-refractivity contribution in [3.8, 4) is 5.75 Å². The van der Waals surface area contributed by atoms with E-state index >= 15 is 0 Å². The fourth-order valence-corrected chi connectivity index (χ4v) is 0.730. The maximum atomic E-state index is 12.8. The van der Waals surface area contributed by atoms with Gasteiger partial charge in [0.25, 0.3) is 0 Å². The van der Waals surface area contributed by atoms with E-state index in [1.54, 1.807) is 0 Å². The summed E-state index contributed by atoms with van der Waals surface area (Å²) in [5.74, 6) is -4.32. The first-order valence-electron chi connectivity index (χ1n) is 3.68. The Labute approximate surface area is 78.3 Å². The van der Waals surface area contributed by atoms with Crippen molar-refractivity contribution >= 4 is 11.8 Å². The average molecular weight is 200 g/mol. The third-order valence-electron chi connectivity index (χ3n) is 1.38. The van der Waals surface area contributed by atoms with E-state index in [-0.39, 0.29) is 0 Å². The smallest absolute Gasteiger partial charge is 0.379 e. The van der Waals surface area contributed by atoms with Gasteiger partial charge in [0.1, 0.15) is 5.82 Å². The Bertz CT molecular complexity index is 388. The molecular formula is C9H6F2O3. The van der Waals surface area contributed by atoms with Crippen LogP contribution >= 0.6 is 0 Å². The van der Waals surface area contributed by atoms with Crippen LogP contribution in [0.4, 0.5) is 8.78 Å². The van der Waals surface area contributed by atoms with Crippen molar-refractivity contribution in [1.82, 2.24) is 0 Å². The molecule has 5 heteroatoms. The minimum atomic E-state index is -1.18. The van der Waals surface area contributed by atoms with Gasteiger partial charge in [-0.05, 0) is 12.1 Å². The first-order chi connectivity index (χ1) is 6.50. The summed E-state index contributed by atoms with van der Waals surface area (Å²) in [4.78, 5) is 21.2. The Morgan fingerprint density at radius 2 is 1.93 bits per heavy atom. The van der Waals surface area contributed by atoms with E-state index < -0.39 is 29.1 Å². The van der Waals surface area contributed by atoms with E-state index in [1.807, 2.05) is 0 Å². The second-order valence-corrected chi connectivity index (χ2v) is 2.52. The molecule has 0 amide bonds. The van der Waals surface area contributed by atoms with Crippen LogP contribution in [0.3, 0.4) is 0 Å². The molecule has 0 heterocycles. The molecule has 1 rings (SSSR count). The summed E-state index contributed by atoms with van der Waals surface area (Å²) in [7, 11) is 0. The highest BCUT2D eigenvalue weighted by Crippen LogP contribution is 2.17. The van der Waals surface area contributed by atoms with E-state index in [0.717, 1.165) is 19.1 Å². The quantitative estimate of drug-likeness (QED) is 0.412. The molecule has 1 aromatic carbocycles. The molecule has 3 nitrogen and oxygen atoms in total. The van der Waals surface area contributed by atoms with Gasteiger partial charge in [-0.1, -0.05) is 0 Å². The number of ether oxygens (including phenoxy) is 1. The van der Waals surface area contributed by atoms with Crippen LogP contribution in [0.25, 0.3) is 0 Å². The van der Waals surface area contributed by atoms with Crippen molar-refractivity contribution in [2.45, 2.75) is 6.92 Å². The number of rotatable bonds is 2. The molecule has 0 saturated carbocycles. The van der Waals surface area contributed by atoms with Gasteiger partial charge in [-0.15, -0.1) is 0 Å². The fourth-order valence-electron chi connectivity index (χ4n) is 0.730. The third kappa shape index (κ3) is 2.35. The van der Waals surface area contributed by atoms with Crippen LogP contribution < -0.4 is 4.74 Å². The van der Waals surface area contributed by atoms with Gasteiger partial charge in [-0.2, -0.15) is 0 Å². The molecular weight excluding hydrogens is 194 g/mol. The zero-order valence-electron chi connectivity index (χ0n) is 7.21. The minimum Gasteiger partial charge on any atom is -0.418 e. The fraction of sp³-hybridized carbons (Fsp3) is 0.111. The summed E-state index contributed by atoms with van der Waals surface area (Å²) in [5, 5.41) is 0. The maximum Gasteiger partial charge on any atom is 0.379 e. The molecule has 1 aromatic rings. The maximum absolute atomic E-state index is 12.8. The van der Waals surface area contributed by atoms with Crippen LogP contribution in [-0.4, -0.2) is 11.8 Å². The van der Waals surface area contributed by atoms with Crippen molar-refractivity contribution in [2.24, 2.45) is 0 Å². The zero-order valence-corrected chi connectivity index (χ0v) is 7.21. The lowest BCUT2D eigenvalue weighted by Crippen LogP contribution is -2.17. The number of ketones is 1. The lowest BCUT2D eigenvalue weighted by Gasteiger charge is -2.02. The highest BCUT2D eigenvalue weighted by molar-refractivity contribution is 6.33. The van der Waals surface area contributed by atoms with E-state index in [2.05, 4.69) is 4.74 Å². The van der Waals surface area contributed by atoms with E-state index in [0.29, 0.717) is 6.07 Å².